The zero-order valence-corrected chi connectivity index (χ0v) is 16.2. The molecule has 0 unspecified atom stereocenters. The lowest BCUT2D eigenvalue weighted by molar-refractivity contribution is -0.118. The molecule has 0 fully saturated rings. The summed E-state index contributed by atoms with van der Waals surface area (Å²) in [5.74, 6) is -0.498. The summed E-state index contributed by atoms with van der Waals surface area (Å²) in [4.78, 5) is 16.7. The van der Waals surface area contributed by atoms with Crippen molar-refractivity contribution in [3.63, 3.8) is 0 Å². The van der Waals surface area contributed by atoms with Gasteiger partial charge in [0.1, 0.15) is 11.6 Å². The molecule has 0 aliphatic heterocycles. The van der Waals surface area contributed by atoms with Crippen molar-refractivity contribution >= 4 is 27.7 Å². The number of nitrogens with two attached hydrogens (primary N) is 1. The van der Waals surface area contributed by atoms with Gasteiger partial charge in [-0.3, -0.25) is 4.79 Å². The monoisotopic (exact) mass is 398 g/mol. The first-order valence-corrected chi connectivity index (χ1v) is 9.43. The summed E-state index contributed by atoms with van der Waals surface area (Å²) in [5, 5.41) is 4.80. The van der Waals surface area contributed by atoms with Crippen molar-refractivity contribution in [1.29, 1.82) is 0 Å². The van der Waals surface area contributed by atoms with E-state index in [-0.39, 0.29) is 17.5 Å². The van der Waals surface area contributed by atoms with E-state index in [0.717, 1.165) is 45.8 Å². The Kier molecular flexibility index (Phi) is 6.61. The third-order valence-electron chi connectivity index (χ3n) is 4.64. The number of nitrogens with one attached hydrogen (secondary N) is 3. The van der Waals surface area contributed by atoms with Crippen LogP contribution in [0.2, 0.25) is 0 Å². The Morgan fingerprint density at radius 1 is 0.931 bits per heavy atom. The van der Waals surface area contributed by atoms with E-state index in [1.165, 1.54) is 31.2 Å². The summed E-state index contributed by atoms with van der Waals surface area (Å²) in [6.07, 6.45) is 5.31. The number of H-pyrrole nitrogens is 2. The fourth-order valence-electron chi connectivity index (χ4n) is 3.26. The van der Waals surface area contributed by atoms with Crippen LogP contribution in [0.25, 0.3) is 21.8 Å². The Labute approximate surface area is 167 Å². The lowest BCUT2D eigenvalue weighted by atomic mass is 10.1. The van der Waals surface area contributed by atoms with Crippen LogP contribution in [0.1, 0.15) is 18.1 Å². The van der Waals surface area contributed by atoms with Crippen LogP contribution in [0.4, 0.5) is 8.78 Å². The Morgan fingerprint density at radius 2 is 1.45 bits per heavy atom. The number of aromatic nitrogens is 2. The van der Waals surface area contributed by atoms with Crippen LogP contribution in [0.3, 0.4) is 0 Å². The van der Waals surface area contributed by atoms with Crippen molar-refractivity contribution in [2.24, 2.45) is 5.73 Å². The molecule has 2 heterocycles. The Morgan fingerprint density at radius 3 is 1.93 bits per heavy atom. The highest BCUT2D eigenvalue weighted by Crippen LogP contribution is 2.20. The number of fused-ring (bicyclic) bond motifs is 2. The zero-order valence-electron chi connectivity index (χ0n) is 16.2. The van der Waals surface area contributed by atoms with Gasteiger partial charge in [-0.05, 0) is 66.9 Å². The number of benzene rings is 2. The maximum Gasteiger partial charge on any atom is 0.216 e. The maximum absolute atomic E-state index is 12.9. The lowest BCUT2D eigenvalue weighted by Gasteiger charge is -2.00. The van der Waals surface area contributed by atoms with Crippen LogP contribution in [-0.4, -0.2) is 29.0 Å². The average molecular weight is 398 g/mol. The highest BCUT2D eigenvalue weighted by molar-refractivity contribution is 5.84. The van der Waals surface area contributed by atoms with Gasteiger partial charge in [-0.2, -0.15) is 0 Å². The zero-order chi connectivity index (χ0) is 20.8. The highest BCUT2D eigenvalue weighted by Gasteiger charge is 2.05. The summed E-state index contributed by atoms with van der Waals surface area (Å²) in [6, 6.07) is 9.41. The van der Waals surface area contributed by atoms with E-state index in [4.69, 9.17) is 5.73 Å². The van der Waals surface area contributed by atoms with Gasteiger partial charge in [0, 0.05) is 47.7 Å². The Balaban J connectivity index is 0.000000169. The van der Waals surface area contributed by atoms with E-state index in [1.807, 2.05) is 12.4 Å². The molecule has 0 saturated carbocycles. The van der Waals surface area contributed by atoms with Crippen molar-refractivity contribution in [3.8, 4) is 0 Å². The molecule has 0 atom stereocenters. The van der Waals surface area contributed by atoms with Gasteiger partial charge in [-0.15, -0.1) is 0 Å². The molecular weight excluding hydrogens is 374 g/mol. The first-order chi connectivity index (χ1) is 14.0. The van der Waals surface area contributed by atoms with Gasteiger partial charge in [0.2, 0.25) is 5.91 Å². The second kappa shape index (κ2) is 9.34. The quantitative estimate of drug-likeness (QED) is 0.412. The molecule has 5 nitrogen and oxygen atoms in total. The molecular formula is C22H24F2N4O. The number of rotatable bonds is 5. The number of halogens is 2. The topological polar surface area (TPSA) is 86.7 Å². The number of hydrogen-bond acceptors (Lipinski definition) is 2. The molecule has 0 spiro atoms. The van der Waals surface area contributed by atoms with Crippen molar-refractivity contribution in [3.05, 3.63) is 71.6 Å². The molecule has 0 radical (unpaired) electrons. The third kappa shape index (κ3) is 5.20. The van der Waals surface area contributed by atoms with Crippen LogP contribution in [0.15, 0.2) is 48.8 Å². The first kappa shape index (κ1) is 20.5. The van der Waals surface area contributed by atoms with Crippen molar-refractivity contribution in [2.75, 3.05) is 13.1 Å². The number of carbonyl (C=O) groups excluding carboxylic acids is 1. The molecule has 4 aromatic rings. The summed E-state index contributed by atoms with van der Waals surface area (Å²) in [6.45, 7) is 2.70. The molecule has 0 aliphatic carbocycles. The Bertz CT molecular complexity index is 1120. The largest absolute Gasteiger partial charge is 0.361 e. The second-order valence-corrected chi connectivity index (χ2v) is 6.78. The molecule has 152 valence electrons. The minimum atomic E-state index is -0.247. The van der Waals surface area contributed by atoms with E-state index in [0.29, 0.717) is 13.1 Å². The normalized spacial score (nSPS) is 10.8. The second-order valence-electron chi connectivity index (χ2n) is 6.78. The third-order valence-corrected chi connectivity index (χ3v) is 4.64. The first-order valence-electron chi connectivity index (χ1n) is 9.43. The van der Waals surface area contributed by atoms with Gasteiger partial charge in [-0.25, -0.2) is 8.78 Å². The number of aromatic amines is 2. The van der Waals surface area contributed by atoms with Crippen LogP contribution in [0, 0.1) is 11.6 Å². The molecule has 5 N–H and O–H groups in total. The molecule has 2 aromatic heterocycles. The molecule has 29 heavy (non-hydrogen) atoms. The maximum atomic E-state index is 12.9. The van der Waals surface area contributed by atoms with Gasteiger partial charge < -0.3 is 21.0 Å². The standard InChI is InChI=1S/C12H13FN2O.C10H11FN2/c1-8(16)14-5-4-9-7-15-12-6-10(13)2-3-11(9)12;11-8-1-2-9-7(3-4-12)6-13-10(9)5-8/h2-3,6-7,15H,4-5H2,1H3,(H,14,16);1-2,5-6,13H,3-4,12H2. The van der Waals surface area contributed by atoms with Gasteiger partial charge in [-0.1, -0.05) is 0 Å². The predicted molar refractivity (Wildman–Crippen MR) is 112 cm³/mol. The Hall–Kier alpha value is -3.19. The van der Waals surface area contributed by atoms with E-state index in [9.17, 15) is 13.6 Å². The van der Waals surface area contributed by atoms with Crippen molar-refractivity contribution in [1.82, 2.24) is 15.3 Å². The predicted octanol–water partition coefficient (Wildman–Crippen LogP) is 3.79. The summed E-state index contributed by atoms with van der Waals surface area (Å²) >= 11 is 0. The fraction of sp³-hybridized carbons (Fsp3) is 0.227. The van der Waals surface area contributed by atoms with Crippen LogP contribution < -0.4 is 11.1 Å². The molecule has 2 aromatic carbocycles. The number of amides is 1. The summed E-state index contributed by atoms with van der Waals surface area (Å²) in [7, 11) is 0. The van der Waals surface area contributed by atoms with Gasteiger partial charge in [0.15, 0.2) is 0 Å². The summed E-state index contributed by atoms with van der Waals surface area (Å²) < 4.78 is 25.7. The number of hydrogen-bond donors (Lipinski definition) is 4. The lowest BCUT2D eigenvalue weighted by Crippen LogP contribution is -2.22. The van der Waals surface area contributed by atoms with Gasteiger partial charge in [0.25, 0.3) is 0 Å². The molecule has 0 aliphatic rings. The molecule has 1 amide bonds. The van der Waals surface area contributed by atoms with Crippen molar-refractivity contribution < 1.29 is 13.6 Å². The van der Waals surface area contributed by atoms with E-state index in [2.05, 4.69) is 15.3 Å². The van der Waals surface area contributed by atoms with E-state index >= 15 is 0 Å². The van der Waals surface area contributed by atoms with Crippen LogP contribution >= 0.6 is 0 Å². The molecule has 4 rings (SSSR count). The van der Waals surface area contributed by atoms with Crippen LogP contribution in [0.5, 0.6) is 0 Å². The minimum Gasteiger partial charge on any atom is -0.361 e. The fourth-order valence-corrected chi connectivity index (χ4v) is 3.26. The van der Waals surface area contributed by atoms with Crippen LogP contribution in [-0.2, 0) is 17.6 Å². The highest BCUT2D eigenvalue weighted by atomic mass is 19.1. The minimum absolute atomic E-state index is 0.0362. The van der Waals surface area contributed by atoms with E-state index < -0.39 is 0 Å². The summed E-state index contributed by atoms with van der Waals surface area (Å²) in [5.41, 5.74) is 9.32. The SMILES string of the molecule is CC(=O)NCCc1c[nH]c2cc(F)ccc12.NCCc1c[nH]c2cc(F)ccc12. The average Bonchev–Trinajstić information content (AvgIpc) is 3.26. The smallest absolute Gasteiger partial charge is 0.216 e. The molecule has 0 saturated heterocycles. The number of carbonyl (C=O) groups is 1. The molecule has 0 bridgehead atoms. The van der Waals surface area contributed by atoms with Gasteiger partial charge >= 0.3 is 0 Å². The van der Waals surface area contributed by atoms with Gasteiger partial charge in [0.05, 0.1) is 0 Å². The van der Waals surface area contributed by atoms with Crippen molar-refractivity contribution in [2.45, 2.75) is 19.8 Å². The van der Waals surface area contributed by atoms with E-state index in [1.54, 1.807) is 12.1 Å². The molecule has 7 heteroatoms.